The van der Waals surface area contributed by atoms with Crippen molar-refractivity contribution in [2.75, 3.05) is 13.1 Å². The normalized spacial score (nSPS) is 16.9. The van der Waals surface area contributed by atoms with Crippen molar-refractivity contribution in [1.29, 1.82) is 0 Å². The Kier molecular flexibility index (Phi) is 3.21. The van der Waals surface area contributed by atoms with E-state index in [1.165, 1.54) is 5.56 Å². The van der Waals surface area contributed by atoms with Crippen LogP contribution in [0.4, 0.5) is 0 Å². The summed E-state index contributed by atoms with van der Waals surface area (Å²) in [5, 5.41) is 13.7. The molecule has 2 nitrogen and oxygen atoms in total. The van der Waals surface area contributed by atoms with Gasteiger partial charge in [-0.1, -0.05) is 41.9 Å². The molecule has 1 aliphatic rings. The second-order valence-electron chi connectivity index (χ2n) is 5.21. The van der Waals surface area contributed by atoms with Crippen LogP contribution in [-0.2, 0) is 11.8 Å². The third-order valence-electron chi connectivity index (χ3n) is 3.83. The topological polar surface area (TPSA) is 32.3 Å². The Morgan fingerprint density at radius 1 is 1.11 bits per heavy atom. The fourth-order valence-electron chi connectivity index (χ4n) is 2.79. The van der Waals surface area contributed by atoms with Gasteiger partial charge in [0.15, 0.2) is 0 Å². The summed E-state index contributed by atoms with van der Waals surface area (Å²) in [6, 6.07) is 15.5. The van der Waals surface area contributed by atoms with Gasteiger partial charge in [-0.2, -0.15) is 0 Å². The molecule has 0 amide bonds. The molecule has 0 bridgehead atoms. The van der Waals surface area contributed by atoms with Gasteiger partial charge < -0.3 is 10.4 Å². The van der Waals surface area contributed by atoms with Gasteiger partial charge in [-0.25, -0.2) is 0 Å². The zero-order valence-electron chi connectivity index (χ0n) is 10.6. The van der Waals surface area contributed by atoms with E-state index < -0.39 is 0 Å². The standard InChI is InChI=1S/C16H16ClNO/c17-15-7-2-1-6-14(15)16(10-18-11-16)9-12-4-3-5-13(19)8-12/h1-8,18-19H,9-11H2. The van der Waals surface area contributed by atoms with Crippen molar-refractivity contribution in [3.63, 3.8) is 0 Å². The number of hydrogen-bond donors (Lipinski definition) is 2. The van der Waals surface area contributed by atoms with E-state index in [1.807, 2.05) is 30.3 Å². The largest absolute Gasteiger partial charge is 0.508 e. The summed E-state index contributed by atoms with van der Waals surface area (Å²) >= 11 is 6.34. The molecule has 0 aromatic heterocycles. The second-order valence-corrected chi connectivity index (χ2v) is 5.62. The van der Waals surface area contributed by atoms with Crippen molar-refractivity contribution in [2.24, 2.45) is 0 Å². The highest BCUT2D eigenvalue weighted by molar-refractivity contribution is 6.31. The summed E-state index contributed by atoms with van der Waals surface area (Å²) in [7, 11) is 0. The van der Waals surface area contributed by atoms with E-state index in [0.717, 1.165) is 30.1 Å². The lowest BCUT2D eigenvalue weighted by Gasteiger charge is -2.44. The maximum absolute atomic E-state index is 9.58. The fourth-order valence-corrected chi connectivity index (χ4v) is 3.12. The molecule has 0 radical (unpaired) electrons. The molecule has 0 unspecified atom stereocenters. The molecule has 0 atom stereocenters. The van der Waals surface area contributed by atoms with Crippen LogP contribution in [0, 0.1) is 0 Å². The van der Waals surface area contributed by atoms with Crippen molar-refractivity contribution in [3.05, 3.63) is 64.7 Å². The molecular weight excluding hydrogens is 258 g/mol. The minimum atomic E-state index is 0.0478. The van der Waals surface area contributed by atoms with Gasteiger partial charge in [0.25, 0.3) is 0 Å². The van der Waals surface area contributed by atoms with Gasteiger partial charge in [0.05, 0.1) is 0 Å². The zero-order valence-corrected chi connectivity index (χ0v) is 11.3. The van der Waals surface area contributed by atoms with E-state index in [1.54, 1.807) is 6.07 Å². The Labute approximate surface area is 118 Å². The zero-order chi connectivity index (χ0) is 13.3. The molecule has 0 aliphatic carbocycles. The van der Waals surface area contributed by atoms with Crippen LogP contribution in [-0.4, -0.2) is 18.2 Å². The molecule has 19 heavy (non-hydrogen) atoms. The molecule has 1 aliphatic heterocycles. The lowest BCUT2D eigenvalue weighted by atomic mass is 9.71. The molecule has 1 saturated heterocycles. The summed E-state index contributed by atoms with van der Waals surface area (Å²) in [6.07, 6.45) is 0.887. The van der Waals surface area contributed by atoms with E-state index in [4.69, 9.17) is 11.6 Å². The summed E-state index contributed by atoms with van der Waals surface area (Å²) in [6.45, 7) is 1.85. The fraction of sp³-hybridized carbons (Fsp3) is 0.250. The molecule has 1 fully saturated rings. The third-order valence-corrected chi connectivity index (χ3v) is 4.15. The van der Waals surface area contributed by atoms with Crippen molar-refractivity contribution in [1.82, 2.24) is 5.32 Å². The number of hydrogen-bond acceptors (Lipinski definition) is 2. The number of phenols is 1. The van der Waals surface area contributed by atoms with E-state index in [-0.39, 0.29) is 5.41 Å². The average Bonchev–Trinajstić information content (AvgIpc) is 2.35. The van der Waals surface area contributed by atoms with Gasteiger partial charge in [0, 0.05) is 23.5 Å². The van der Waals surface area contributed by atoms with Crippen LogP contribution in [0.15, 0.2) is 48.5 Å². The third kappa shape index (κ3) is 2.34. The highest BCUT2D eigenvalue weighted by Gasteiger charge is 2.39. The Bertz CT molecular complexity index is 593. The first kappa shape index (κ1) is 12.5. The van der Waals surface area contributed by atoms with Crippen LogP contribution in [0.3, 0.4) is 0 Å². The monoisotopic (exact) mass is 273 g/mol. The Morgan fingerprint density at radius 2 is 1.89 bits per heavy atom. The molecule has 2 aromatic carbocycles. The molecule has 2 aromatic rings. The van der Waals surface area contributed by atoms with Gasteiger partial charge in [-0.3, -0.25) is 0 Å². The first-order valence-corrected chi connectivity index (χ1v) is 6.81. The van der Waals surface area contributed by atoms with E-state index in [9.17, 15) is 5.11 Å². The van der Waals surface area contributed by atoms with Crippen LogP contribution < -0.4 is 5.32 Å². The quantitative estimate of drug-likeness (QED) is 0.901. The van der Waals surface area contributed by atoms with E-state index in [2.05, 4.69) is 17.4 Å². The minimum Gasteiger partial charge on any atom is -0.508 e. The first-order chi connectivity index (χ1) is 9.20. The van der Waals surface area contributed by atoms with E-state index in [0.29, 0.717) is 5.75 Å². The smallest absolute Gasteiger partial charge is 0.115 e. The number of halogens is 1. The van der Waals surface area contributed by atoms with Crippen LogP contribution >= 0.6 is 11.6 Å². The van der Waals surface area contributed by atoms with Gasteiger partial charge in [0.1, 0.15) is 5.75 Å². The lowest BCUT2D eigenvalue weighted by molar-refractivity contribution is 0.274. The molecule has 2 N–H and O–H groups in total. The number of rotatable bonds is 3. The Morgan fingerprint density at radius 3 is 2.53 bits per heavy atom. The van der Waals surface area contributed by atoms with Crippen molar-refractivity contribution < 1.29 is 5.11 Å². The summed E-state index contributed by atoms with van der Waals surface area (Å²) in [4.78, 5) is 0. The van der Waals surface area contributed by atoms with Crippen molar-refractivity contribution in [2.45, 2.75) is 11.8 Å². The van der Waals surface area contributed by atoms with Crippen LogP contribution in [0.2, 0.25) is 5.02 Å². The van der Waals surface area contributed by atoms with Gasteiger partial charge >= 0.3 is 0 Å². The molecule has 3 rings (SSSR count). The maximum Gasteiger partial charge on any atom is 0.115 e. The second kappa shape index (κ2) is 4.87. The number of phenolic OH excluding ortho intramolecular Hbond substituents is 1. The predicted octanol–water partition coefficient (Wildman–Crippen LogP) is 3.13. The van der Waals surface area contributed by atoms with Crippen LogP contribution in [0.25, 0.3) is 0 Å². The SMILES string of the molecule is Oc1cccc(CC2(c3ccccc3Cl)CNC2)c1. The molecular formula is C16H16ClNO. The average molecular weight is 274 g/mol. The summed E-state index contributed by atoms with van der Waals surface area (Å²) in [5.41, 5.74) is 2.38. The number of nitrogens with one attached hydrogen (secondary N) is 1. The molecule has 0 spiro atoms. The number of benzene rings is 2. The molecule has 98 valence electrons. The van der Waals surface area contributed by atoms with Crippen molar-refractivity contribution >= 4 is 11.6 Å². The van der Waals surface area contributed by atoms with E-state index >= 15 is 0 Å². The van der Waals surface area contributed by atoms with Gasteiger partial charge in [0.2, 0.25) is 0 Å². The van der Waals surface area contributed by atoms with Gasteiger partial charge in [-0.15, -0.1) is 0 Å². The highest BCUT2D eigenvalue weighted by Crippen LogP contribution is 2.37. The lowest BCUT2D eigenvalue weighted by Crippen LogP contribution is -2.58. The molecule has 0 saturated carbocycles. The molecule has 3 heteroatoms. The maximum atomic E-state index is 9.58. The summed E-state index contributed by atoms with van der Waals surface area (Å²) in [5.74, 6) is 0.319. The minimum absolute atomic E-state index is 0.0478. The van der Waals surface area contributed by atoms with Crippen molar-refractivity contribution in [3.8, 4) is 5.75 Å². The Balaban J connectivity index is 1.94. The van der Waals surface area contributed by atoms with Crippen LogP contribution in [0.5, 0.6) is 5.75 Å². The summed E-state index contributed by atoms with van der Waals surface area (Å²) < 4.78 is 0. The number of aromatic hydroxyl groups is 1. The predicted molar refractivity (Wildman–Crippen MR) is 77.8 cm³/mol. The van der Waals surface area contributed by atoms with Crippen LogP contribution in [0.1, 0.15) is 11.1 Å². The van der Waals surface area contributed by atoms with Gasteiger partial charge in [-0.05, 0) is 35.7 Å². The first-order valence-electron chi connectivity index (χ1n) is 6.43. The Hall–Kier alpha value is -1.51. The highest BCUT2D eigenvalue weighted by atomic mass is 35.5. The molecule has 1 heterocycles.